The highest BCUT2D eigenvalue weighted by Gasteiger charge is 2.14. The summed E-state index contributed by atoms with van der Waals surface area (Å²) in [6.45, 7) is 2.71. The van der Waals surface area contributed by atoms with Gasteiger partial charge in [-0.05, 0) is 54.3 Å². The first kappa shape index (κ1) is 18.7. The molecule has 28 heavy (non-hydrogen) atoms. The van der Waals surface area contributed by atoms with Crippen LogP contribution in [0.2, 0.25) is 5.02 Å². The monoisotopic (exact) mass is 389 g/mol. The lowest BCUT2D eigenvalue weighted by atomic mass is 10.00. The van der Waals surface area contributed by atoms with Crippen LogP contribution in [-0.2, 0) is 19.4 Å². The van der Waals surface area contributed by atoms with Gasteiger partial charge in [0.1, 0.15) is 0 Å². The van der Waals surface area contributed by atoms with Crippen LogP contribution in [0, 0.1) is 5.41 Å². The summed E-state index contributed by atoms with van der Waals surface area (Å²) in [6.07, 6.45) is 2.03. The van der Waals surface area contributed by atoms with Crippen LogP contribution in [0.25, 0.3) is 0 Å². The fraction of sp³-hybridized carbons (Fsp3) is 0.208. The Morgan fingerprint density at radius 1 is 0.893 bits per heavy atom. The highest BCUT2D eigenvalue weighted by Crippen LogP contribution is 2.31. The van der Waals surface area contributed by atoms with Gasteiger partial charge in [-0.15, -0.1) is 0 Å². The second-order valence-electron chi connectivity index (χ2n) is 7.10. The Bertz CT molecular complexity index is 965. The molecular formula is C24H24ClN3. The number of rotatable bonds is 5. The first-order valence-electron chi connectivity index (χ1n) is 9.70. The van der Waals surface area contributed by atoms with Gasteiger partial charge < -0.3 is 10.6 Å². The van der Waals surface area contributed by atoms with E-state index in [1.807, 2.05) is 48.5 Å². The molecule has 0 atom stereocenters. The van der Waals surface area contributed by atoms with E-state index >= 15 is 0 Å². The standard InChI is InChI=1S/C24H24ClN3/c25-22-11-10-18-12-14-27-15-13-21(18)24(22)28-16-17-6-8-20(9-7-17)23(26)19-4-2-1-3-5-19/h1-11,26-28H,12-16H2. The third-order valence-electron chi connectivity index (χ3n) is 5.26. The third-order valence-corrected chi connectivity index (χ3v) is 5.57. The van der Waals surface area contributed by atoms with Crippen molar-refractivity contribution in [3.63, 3.8) is 0 Å². The molecule has 0 aromatic heterocycles. The largest absolute Gasteiger partial charge is 0.380 e. The Kier molecular flexibility index (Phi) is 5.75. The maximum absolute atomic E-state index is 8.39. The molecule has 0 radical (unpaired) electrons. The highest BCUT2D eigenvalue weighted by molar-refractivity contribution is 6.33. The van der Waals surface area contributed by atoms with Crippen molar-refractivity contribution in [2.45, 2.75) is 19.4 Å². The van der Waals surface area contributed by atoms with Crippen LogP contribution in [0.15, 0.2) is 66.7 Å². The van der Waals surface area contributed by atoms with Gasteiger partial charge in [-0.25, -0.2) is 0 Å². The van der Waals surface area contributed by atoms with Crippen LogP contribution in [0.4, 0.5) is 5.69 Å². The molecule has 142 valence electrons. The van der Waals surface area contributed by atoms with Gasteiger partial charge in [0.25, 0.3) is 0 Å². The molecule has 0 fully saturated rings. The number of hydrogen-bond acceptors (Lipinski definition) is 3. The topological polar surface area (TPSA) is 47.9 Å². The summed E-state index contributed by atoms with van der Waals surface area (Å²) in [6, 6.07) is 22.2. The van der Waals surface area contributed by atoms with Crippen LogP contribution in [0.5, 0.6) is 0 Å². The average Bonchev–Trinajstić information content (AvgIpc) is 2.99. The summed E-state index contributed by atoms with van der Waals surface area (Å²) in [4.78, 5) is 0. The van der Waals surface area contributed by atoms with Gasteiger partial charge in [0.05, 0.1) is 16.4 Å². The summed E-state index contributed by atoms with van der Waals surface area (Å²) in [5.41, 5.74) is 7.34. The second kappa shape index (κ2) is 8.59. The zero-order valence-electron chi connectivity index (χ0n) is 15.8. The molecule has 0 aliphatic carbocycles. The lowest BCUT2D eigenvalue weighted by Crippen LogP contribution is -2.16. The van der Waals surface area contributed by atoms with Crippen LogP contribution in [0.1, 0.15) is 27.8 Å². The minimum absolute atomic E-state index is 0.545. The van der Waals surface area contributed by atoms with Crippen LogP contribution in [-0.4, -0.2) is 18.8 Å². The normalized spacial score (nSPS) is 13.5. The third kappa shape index (κ3) is 4.11. The lowest BCUT2D eigenvalue weighted by Gasteiger charge is -2.16. The summed E-state index contributed by atoms with van der Waals surface area (Å²) < 4.78 is 0. The first-order valence-corrected chi connectivity index (χ1v) is 10.1. The molecule has 3 nitrogen and oxygen atoms in total. The Morgan fingerprint density at radius 2 is 1.61 bits per heavy atom. The Labute approximate surface area is 171 Å². The fourth-order valence-electron chi connectivity index (χ4n) is 3.69. The molecule has 1 aliphatic heterocycles. The van der Waals surface area contributed by atoms with Gasteiger partial charge in [-0.1, -0.05) is 72.3 Å². The molecule has 0 saturated carbocycles. The van der Waals surface area contributed by atoms with Gasteiger partial charge in [0.15, 0.2) is 0 Å². The quantitative estimate of drug-likeness (QED) is 0.534. The maximum atomic E-state index is 8.39. The molecule has 1 heterocycles. The van der Waals surface area contributed by atoms with E-state index < -0.39 is 0 Å². The predicted octanol–water partition coefficient (Wildman–Crippen LogP) is 5.06. The van der Waals surface area contributed by atoms with E-state index in [1.54, 1.807) is 0 Å². The van der Waals surface area contributed by atoms with Crippen molar-refractivity contribution in [3.05, 3.63) is 99.6 Å². The minimum Gasteiger partial charge on any atom is -0.380 e. The summed E-state index contributed by atoms with van der Waals surface area (Å²) in [5.74, 6) is 0. The number of halogens is 1. The molecular weight excluding hydrogens is 366 g/mol. The smallest absolute Gasteiger partial charge is 0.0684 e. The Balaban J connectivity index is 1.48. The van der Waals surface area contributed by atoms with Crippen LogP contribution in [0.3, 0.4) is 0 Å². The van der Waals surface area contributed by atoms with Gasteiger partial charge in [-0.3, -0.25) is 5.41 Å². The molecule has 0 bridgehead atoms. The Hall–Kier alpha value is -2.62. The number of nitrogens with one attached hydrogen (secondary N) is 3. The number of benzene rings is 3. The van der Waals surface area contributed by atoms with Crippen molar-refractivity contribution in [1.82, 2.24) is 5.32 Å². The SMILES string of the molecule is N=C(c1ccccc1)c1ccc(CNc2c(Cl)ccc3c2CCNCC3)cc1. The molecule has 4 heteroatoms. The molecule has 3 aromatic rings. The van der Waals surface area contributed by atoms with Crippen molar-refractivity contribution < 1.29 is 0 Å². The summed E-state index contributed by atoms with van der Waals surface area (Å²) in [5, 5.41) is 16.2. The van der Waals surface area contributed by atoms with Crippen LogP contribution < -0.4 is 10.6 Å². The molecule has 3 N–H and O–H groups in total. The van der Waals surface area contributed by atoms with E-state index in [4.69, 9.17) is 17.0 Å². The van der Waals surface area contributed by atoms with Crippen molar-refractivity contribution in [2.24, 2.45) is 0 Å². The predicted molar refractivity (Wildman–Crippen MR) is 118 cm³/mol. The van der Waals surface area contributed by atoms with E-state index in [9.17, 15) is 0 Å². The molecule has 0 saturated heterocycles. The molecule has 3 aromatic carbocycles. The van der Waals surface area contributed by atoms with Crippen molar-refractivity contribution in [3.8, 4) is 0 Å². The number of hydrogen-bond donors (Lipinski definition) is 3. The van der Waals surface area contributed by atoms with Crippen LogP contribution >= 0.6 is 11.6 Å². The lowest BCUT2D eigenvalue weighted by molar-refractivity contribution is 0.711. The van der Waals surface area contributed by atoms with E-state index in [0.29, 0.717) is 12.3 Å². The van der Waals surface area contributed by atoms with E-state index in [2.05, 4.69) is 28.8 Å². The van der Waals surface area contributed by atoms with Gasteiger partial charge in [-0.2, -0.15) is 0 Å². The number of fused-ring (bicyclic) bond motifs is 1. The van der Waals surface area contributed by atoms with Crippen molar-refractivity contribution >= 4 is 23.0 Å². The van der Waals surface area contributed by atoms with Gasteiger partial charge >= 0.3 is 0 Å². The van der Waals surface area contributed by atoms with Gasteiger partial charge in [0, 0.05) is 12.1 Å². The van der Waals surface area contributed by atoms with E-state index in [-0.39, 0.29) is 0 Å². The maximum Gasteiger partial charge on any atom is 0.0684 e. The second-order valence-corrected chi connectivity index (χ2v) is 7.51. The molecule has 4 rings (SSSR count). The molecule has 1 aliphatic rings. The molecule has 0 amide bonds. The minimum atomic E-state index is 0.545. The Morgan fingerprint density at radius 3 is 2.39 bits per heavy atom. The van der Waals surface area contributed by atoms with Gasteiger partial charge in [0.2, 0.25) is 0 Å². The average molecular weight is 390 g/mol. The summed E-state index contributed by atoms with van der Waals surface area (Å²) in [7, 11) is 0. The summed E-state index contributed by atoms with van der Waals surface area (Å²) >= 11 is 6.50. The first-order chi connectivity index (χ1) is 13.7. The van der Waals surface area contributed by atoms with Crippen molar-refractivity contribution in [2.75, 3.05) is 18.4 Å². The van der Waals surface area contributed by atoms with Crippen molar-refractivity contribution in [1.29, 1.82) is 5.41 Å². The number of anilines is 1. The zero-order chi connectivity index (χ0) is 19.3. The van der Waals surface area contributed by atoms with E-state index in [0.717, 1.165) is 47.8 Å². The molecule has 0 unspecified atom stereocenters. The highest BCUT2D eigenvalue weighted by atomic mass is 35.5. The molecule has 0 spiro atoms. The zero-order valence-corrected chi connectivity index (χ0v) is 16.5. The fourth-order valence-corrected chi connectivity index (χ4v) is 3.93. The van der Waals surface area contributed by atoms with E-state index in [1.165, 1.54) is 16.7 Å².